The summed E-state index contributed by atoms with van der Waals surface area (Å²) in [5.41, 5.74) is 0.537. The molecule has 0 aliphatic heterocycles. The predicted octanol–water partition coefficient (Wildman–Crippen LogP) is 8.65. The molecular formula is C28H42F2O2. The third kappa shape index (κ3) is 9.42. The topological polar surface area (TPSA) is 26.3 Å². The molecule has 2 rings (SSSR count). The summed E-state index contributed by atoms with van der Waals surface area (Å²) in [5, 5.41) is 0. The fraction of sp³-hybridized carbons (Fsp3) is 0.679. The lowest BCUT2D eigenvalue weighted by Gasteiger charge is -2.29. The van der Waals surface area contributed by atoms with E-state index < -0.39 is 11.6 Å². The van der Waals surface area contributed by atoms with E-state index in [1.165, 1.54) is 50.7 Å². The third-order valence-corrected chi connectivity index (χ3v) is 6.99. The molecule has 0 saturated heterocycles. The van der Waals surface area contributed by atoms with Gasteiger partial charge in [0.1, 0.15) is 6.10 Å². The van der Waals surface area contributed by atoms with Crippen molar-refractivity contribution in [1.82, 2.24) is 0 Å². The number of carbonyl (C=O) groups is 1. The first kappa shape index (κ1) is 26.5. The maximum Gasteiger partial charge on any atom is 0.330 e. The molecule has 180 valence electrons. The van der Waals surface area contributed by atoms with Crippen LogP contribution in [0.3, 0.4) is 0 Å². The van der Waals surface area contributed by atoms with Crippen LogP contribution in [0.5, 0.6) is 0 Å². The van der Waals surface area contributed by atoms with E-state index in [0.717, 1.165) is 57.8 Å². The summed E-state index contributed by atoms with van der Waals surface area (Å²) >= 11 is 0. The molecule has 0 heterocycles. The Morgan fingerprint density at radius 2 is 1.69 bits per heavy atom. The molecule has 32 heavy (non-hydrogen) atoms. The summed E-state index contributed by atoms with van der Waals surface area (Å²) in [7, 11) is 0. The highest BCUT2D eigenvalue weighted by molar-refractivity contribution is 5.81. The lowest BCUT2D eigenvalue weighted by Crippen LogP contribution is -2.18. The number of hydrogen-bond donors (Lipinski definition) is 0. The number of carbonyl (C=O) groups excluding carboxylic acids is 1. The second kappa shape index (κ2) is 15.2. The van der Waals surface area contributed by atoms with Gasteiger partial charge in [0.05, 0.1) is 0 Å². The molecule has 0 spiro atoms. The summed E-state index contributed by atoms with van der Waals surface area (Å²) in [6, 6.07) is 4.52. The van der Waals surface area contributed by atoms with Gasteiger partial charge in [0.25, 0.3) is 0 Å². The molecule has 1 aromatic rings. The Hall–Kier alpha value is -1.71. The number of rotatable bonds is 15. The van der Waals surface area contributed by atoms with Gasteiger partial charge in [-0.05, 0) is 74.8 Å². The highest BCUT2D eigenvalue weighted by atomic mass is 19.2. The summed E-state index contributed by atoms with van der Waals surface area (Å²) in [5.74, 6) is -0.993. The van der Waals surface area contributed by atoms with Crippen molar-refractivity contribution in [3.63, 3.8) is 0 Å². The molecule has 1 unspecified atom stereocenters. The fourth-order valence-corrected chi connectivity index (χ4v) is 5.04. The van der Waals surface area contributed by atoms with Crippen molar-refractivity contribution < 1.29 is 18.3 Å². The maximum absolute atomic E-state index is 14.1. The van der Waals surface area contributed by atoms with Crippen LogP contribution in [0, 0.1) is 17.6 Å². The minimum Gasteiger partial charge on any atom is -0.459 e. The molecular weight excluding hydrogens is 406 g/mol. The van der Waals surface area contributed by atoms with Crippen molar-refractivity contribution in [3.05, 3.63) is 48.1 Å². The average molecular weight is 449 g/mol. The van der Waals surface area contributed by atoms with E-state index in [-0.39, 0.29) is 18.0 Å². The SMILES string of the molecule is C=CC(=O)OC(CCCCCCCCC)CCCC1CCC(c2cccc(F)c2F)CC1. The Kier molecular flexibility index (Phi) is 12.6. The quantitative estimate of drug-likeness (QED) is 0.152. The van der Waals surface area contributed by atoms with Crippen molar-refractivity contribution in [1.29, 1.82) is 0 Å². The molecule has 0 N–H and O–H groups in total. The minimum absolute atomic E-state index is 0.0196. The lowest BCUT2D eigenvalue weighted by atomic mass is 9.77. The van der Waals surface area contributed by atoms with E-state index in [1.54, 1.807) is 12.1 Å². The molecule has 0 radical (unpaired) electrons. The monoisotopic (exact) mass is 448 g/mol. The van der Waals surface area contributed by atoms with Crippen molar-refractivity contribution in [3.8, 4) is 0 Å². The third-order valence-electron chi connectivity index (χ3n) is 6.99. The van der Waals surface area contributed by atoms with E-state index in [9.17, 15) is 13.6 Å². The lowest BCUT2D eigenvalue weighted by molar-refractivity contribution is -0.143. The van der Waals surface area contributed by atoms with Gasteiger partial charge in [-0.2, -0.15) is 0 Å². The van der Waals surface area contributed by atoms with Gasteiger partial charge in [-0.25, -0.2) is 13.6 Å². The molecule has 4 heteroatoms. The number of unbranched alkanes of at least 4 members (excludes halogenated alkanes) is 6. The number of esters is 1. The summed E-state index contributed by atoms with van der Waals surface area (Å²) in [6.45, 7) is 5.76. The first-order valence-electron chi connectivity index (χ1n) is 12.8. The van der Waals surface area contributed by atoms with Crippen molar-refractivity contribution in [2.24, 2.45) is 5.92 Å². The van der Waals surface area contributed by atoms with E-state index >= 15 is 0 Å². The van der Waals surface area contributed by atoms with Crippen LogP contribution in [0.2, 0.25) is 0 Å². The van der Waals surface area contributed by atoms with Gasteiger partial charge < -0.3 is 4.74 Å². The molecule has 0 amide bonds. The highest BCUT2D eigenvalue weighted by Crippen LogP contribution is 2.39. The first-order chi connectivity index (χ1) is 15.5. The van der Waals surface area contributed by atoms with Crippen LogP contribution in [0.15, 0.2) is 30.9 Å². The summed E-state index contributed by atoms with van der Waals surface area (Å²) in [4.78, 5) is 11.7. The van der Waals surface area contributed by atoms with Crippen molar-refractivity contribution in [2.75, 3.05) is 0 Å². The second-order valence-electron chi connectivity index (χ2n) is 9.46. The number of halogens is 2. The predicted molar refractivity (Wildman–Crippen MR) is 128 cm³/mol. The molecule has 2 nitrogen and oxygen atoms in total. The number of ether oxygens (including phenoxy) is 1. The van der Waals surface area contributed by atoms with E-state index in [0.29, 0.717) is 11.5 Å². The molecule has 0 bridgehead atoms. The zero-order valence-electron chi connectivity index (χ0n) is 19.9. The zero-order chi connectivity index (χ0) is 23.2. The van der Waals surface area contributed by atoms with Crippen LogP contribution >= 0.6 is 0 Å². The minimum atomic E-state index is -0.745. The van der Waals surface area contributed by atoms with Gasteiger partial charge in [0.15, 0.2) is 11.6 Å². The Labute approximate surface area is 193 Å². The van der Waals surface area contributed by atoms with E-state index in [2.05, 4.69) is 13.5 Å². The molecule has 0 aromatic heterocycles. The van der Waals surface area contributed by atoms with E-state index in [1.807, 2.05) is 0 Å². The number of benzene rings is 1. The van der Waals surface area contributed by atoms with Crippen molar-refractivity contribution in [2.45, 2.75) is 115 Å². The van der Waals surface area contributed by atoms with E-state index in [4.69, 9.17) is 4.74 Å². The van der Waals surface area contributed by atoms with Gasteiger partial charge >= 0.3 is 5.97 Å². The van der Waals surface area contributed by atoms with Crippen LogP contribution in [0.1, 0.15) is 115 Å². The zero-order valence-corrected chi connectivity index (χ0v) is 19.9. The van der Waals surface area contributed by atoms with Gasteiger partial charge in [-0.15, -0.1) is 0 Å². The Balaban J connectivity index is 1.68. The number of hydrogen-bond acceptors (Lipinski definition) is 2. The van der Waals surface area contributed by atoms with Crippen LogP contribution in [-0.4, -0.2) is 12.1 Å². The molecule has 1 atom stereocenters. The highest BCUT2D eigenvalue weighted by Gasteiger charge is 2.25. The van der Waals surface area contributed by atoms with Crippen LogP contribution in [0.4, 0.5) is 8.78 Å². The Bertz CT molecular complexity index is 680. The van der Waals surface area contributed by atoms with Crippen LogP contribution in [0.25, 0.3) is 0 Å². The van der Waals surface area contributed by atoms with Gasteiger partial charge in [-0.3, -0.25) is 0 Å². The maximum atomic E-state index is 14.1. The first-order valence-corrected chi connectivity index (χ1v) is 12.8. The molecule has 1 aliphatic rings. The van der Waals surface area contributed by atoms with Gasteiger partial charge in [-0.1, -0.05) is 70.6 Å². The normalized spacial score (nSPS) is 19.5. The fourth-order valence-electron chi connectivity index (χ4n) is 5.04. The van der Waals surface area contributed by atoms with Crippen LogP contribution < -0.4 is 0 Å². The largest absolute Gasteiger partial charge is 0.459 e. The molecule has 1 saturated carbocycles. The van der Waals surface area contributed by atoms with Crippen molar-refractivity contribution >= 4 is 5.97 Å². The Morgan fingerprint density at radius 1 is 1.03 bits per heavy atom. The summed E-state index contributed by atoms with van der Waals surface area (Å²) < 4.78 is 33.2. The summed E-state index contributed by atoms with van der Waals surface area (Å²) in [6.07, 6.45) is 17.9. The second-order valence-corrected chi connectivity index (χ2v) is 9.46. The Morgan fingerprint density at radius 3 is 2.38 bits per heavy atom. The standard InChI is InChI=1S/C28H42F2O2/c1-3-5-6-7-8-9-10-14-24(32-27(31)4-2)15-11-13-22-18-20-23(21-19-22)25-16-12-17-26(29)28(25)30/h4,12,16-17,22-24H,2-3,5-11,13-15,18-21H2,1H3. The van der Waals surface area contributed by atoms with Crippen LogP contribution in [-0.2, 0) is 9.53 Å². The molecule has 1 aliphatic carbocycles. The van der Waals surface area contributed by atoms with Gasteiger partial charge in [0.2, 0.25) is 0 Å². The average Bonchev–Trinajstić information content (AvgIpc) is 2.80. The van der Waals surface area contributed by atoms with Gasteiger partial charge in [0, 0.05) is 6.08 Å². The molecule has 1 aromatic carbocycles. The molecule has 1 fully saturated rings. The smallest absolute Gasteiger partial charge is 0.330 e.